The second-order valence-electron chi connectivity index (χ2n) is 6.43. The Morgan fingerprint density at radius 1 is 1.57 bits per heavy atom. The van der Waals surface area contributed by atoms with Crippen molar-refractivity contribution in [2.24, 2.45) is 4.99 Å². The Hall–Kier alpha value is -2.09. The number of nitro groups is 1. The SMILES string of the molecule is CC(C)Oc1ccc(C=NC23COC(CF)(C2)C3)c([N+](=O)[O-])n1. The summed E-state index contributed by atoms with van der Waals surface area (Å²) in [6, 6.07) is 3.13. The summed E-state index contributed by atoms with van der Waals surface area (Å²) >= 11 is 0. The topological polar surface area (TPSA) is 86.8 Å². The standard InChI is InChI=1S/C15H18FN3O4/c1-10(2)23-12-4-3-11(13(18-12)19(20)21)5-17-14-6-15(7-14,8-16)22-9-14/h3-5,10H,6-9H2,1-2H3. The van der Waals surface area contributed by atoms with Gasteiger partial charge < -0.3 is 19.6 Å². The molecular formula is C15H18FN3O4. The molecule has 1 saturated carbocycles. The van der Waals surface area contributed by atoms with E-state index in [0.29, 0.717) is 25.0 Å². The van der Waals surface area contributed by atoms with Crippen molar-refractivity contribution < 1.29 is 18.8 Å². The Bertz CT molecular complexity index is 656. The number of fused-ring (bicyclic) bond motifs is 1. The largest absolute Gasteiger partial charge is 0.457 e. The molecule has 0 aromatic carbocycles. The second-order valence-corrected chi connectivity index (χ2v) is 6.43. The minimum atomic E-state index is -0.684. The fraction of sp³-hybridized carbons (Fsp3) is 0.600. The van der Waals surface area contributed by atoms with E-state index in [9.17, 15) is 14.5 Å². The summed E-state index contributed by atoms with van der Waals surface area (Å²) in [5.41, 5.74) is -0.839. The highest BCUT2D eigenvalue weighted by Crippen LogP contribution is 2.54. The molecule has 3 fully saturated rings. The average Bonchev–Trinajstić information content (AvgIpc) is 3.01. The Labute approximate surface area is 132 Å². The van der Waals surface area contributed by atoms with Crippen LogP contribution in [0.2, 0.25) is 0 Å². The molecule has 0 atom stereocenters. The highest BCUT2D eigenvalue weighted by molar-refractivity contribution is 5.84. The van der Waals surface area contributed by atoms with Gasteiger partial charge in [0.25, 0.3) is 0 Å². The molecule has 0 spiro atoms. The number of alkyl halides is 1. The third-order valence-corrected chi connectivity index (χ3v) is 4.08. The van der Waals surface area contributed by atoms with Gasteiger partial charge in [0.05, 0.1) is 23.8 Å². The van der Waals surface area contributed by atoms with E-state index < -0.39 is 22.7 Å². The predicted molar refractivity (Wildman–Crippen MR) is 80.9 cm³/mol. The fourth-order valence-electron chi connectivity index (χ4n) is 3.10. The van der Waals surface area contributed by atoms with Crippen LogP contribution in [0.15, 0.2) is 17.1 Å². The van der Waals surface area contributed by atoms with Crippen molar-refractivity contribution in [2.45, 2.75) is 43.9 Å². The molecule has 0 amide bonds. The number of halogens is 1. The van der Waals surface area contributed by atoms with Gasteiger partial charge in [-0.15, -0.1) is 0 Å². The normalized spacial score (nSPS) is 29.0. The Morgan fingerprint density at radius 3 is 2.87 bits per heavy atom. The molecule has 7 nitrogen and oxygen atoms in total. The summed E-state index contributed by atoms with van der Waals surface area (Å²) in [7, 11) is 0. The number of rotatable bonds is 6. The van der Waals surface area contributed by atoms with E-state index in [0.717, 1.165) is 0 Å². The fourth-order valence-corrected chi connectivity index (χ4v) is 3.10. The smallest absolute Gasteiger partial charge is 0.376 e. The van der Waals surface area contributed by atoms with Crippen LogP contribution in [-0.4, -0.2) is 46.6 Å². The zero-order valence-electron chi connectivity index (χ0n) is 13.0. The first-order valence-electron chi connectivity index (χ1n) is 7.44. The van der Waals surface area contributed by atoms with Crippen LogP contribution in [0.3, 0.4) is 0 Å². The van der Waals surface area contributed by atoms with Crippen LogP contribution in [0.25, 0.3) is 0 Å². The number of pyridine rings is 1. The lowest BCUT2D eigenvalue weighted by Crippen LogP contribution is -2.49. The van der Waals surface area contributed by atoms with Gasteiger partial charge in [0.15, 0.2) is 0 Å². The van der Waals surface area contributed by atoms with Gasteiger partial charge in [-0.05, 0) is 24.8 Å². The minimum absolute atomic E-state index is 0.125. The maximum absolute atomic E-state index is 12.9. The van der Waals surface area contributed by atoms with Crippen molar-refractivity contribution in [1.82, 2.24) is 4.98 Å². The second kappa shape index (κ2) is 5.52. The van der Waals surface area contributed by atoms with Crippen LogP contribution in [0.1, 0.15) is 32.3 Å². The van der Waals surface area contributed by atoms with Crippen LogP contribution in [0.4, 0.5) is 10.2 Å². The summed E-state index contributed by atoms with van der Waals surface area (Å²) in [5.74, 6) is -0.107. The first-order chi connectivity index (χ1) is 10.9. The maximum Gasteiger partial charge on any atom is 0.376 e. The Balaban J connectivity index is 1.80. The molecular weight excluding hydrogens is 305 g/mol. The predicted octanol–water partition coefficient (Wildman–Crippen LogP) is 2.47. The molecule has 23 heavy (non-hydrogen) atoms. The molecule has 2 saturated heterocycles. The minimum Gasteiger partial charge on any atom is -0.457 e. The van der Waals surface area contributed by atoms with E-state index in [4.69, 9.17) is 9.47 Å². The van der Waals surface area contributed by atoms with Crippen LogP contribution >= 0.6 is 0 Å². The quantitative estimate of drug-likeness (QED) is 0.456. The molecule has 3 heterocycles. The van der Waals surface area contributed by atoms with Gasteiger partial charge in [0.2, 0.25) is 0 Å². The average molecular weight is 323 g/mol. The van der Waals surface area contributed by atoms with E-state index in [1.165, 1.54) is 6.21 Å². The van der Waals surface area contributed by atoms with E-state index in [1.807, 2.05) is 13.8 Å². The van der Waals surface area contributed by atoms with E-state index in [-0.39, 0.29) is 17.8 Å². The number of aromatic nitrogens is 1. The summed E-state index contributed by atoms with van der Waals surface area (Å²) in [6.07, 6.45) is 2.34. The van der Waals surface area contributed by atoms with Crippen LogP contribution in [0.5, 0.6) is 5.88 Å². The lowest BCUT2D eigenvalue weighted by atomic mass is 9.69. The van der Waals surface area contributed by atoms with Gasteiger partial charge >= 0.3 is 11.7 Å². The van der Waals surface area contributed by atoms with Crippen molar-refractivity contribution in [3.8, 4) is 5.88 Å². The summed E-state index contributed by atoms with van der Waals surface area (Å²) in [5, 5.41) is 11.2. The first kappa shape index (κ1) is 15.8. The molecule has 1 aliphatic carbocycles. The number of nitrogens with zero attached hydrogens (tertiary/aromatic N) is 3. The van der Waals surface area contributed by atoms with Crippen molar-refractivity contribution >= 4 is 12.0 Å². The highest BCUT2D eigenvalue weighted by Gasteiger charge is 2.62. The van der Waals surface area contributed by atoms with Crippen molar-refractivity contribution in [3.63, 3.8) is 0 Å². The van der Waals surface area contributed by atoms with Crippen molar-refractivity contribution in [3.05, 3.63) is 27.8 Å². The summed E-state index contributed by atoms with van der Waals surface area (Å²) < 4.78 is 23.7. The molecule has 0 radical (unpaired) electrons. The molecule has 124 valence electrons. The molecule has 2 bridgehead atoms. The van der Waals surface area contributed by atoms with Crippen molar-refractivity contribution in [1.29, 1.82) is 0 Å². The first-order valence-corrected chi connectivity index (χ1v) is 7.44. The molecule has 3 aliphatic rings. The van der Waals surface area contributed by atoms with Crippen LogP contribution in [0, 0.1) is 10.1 Å². The maximum atomic E-state index is 12.9. The molecule has 4 rings (SSSR count). The number of aliphatic imine (C=N–C) groups is 1. The monoisotopic (exact) mass is 323 g/mol. The van der Waals surface area contributed by atoms with Crippen molar-refractivity contribution in [2.75, 3.05) is 13.3 Å². The summed E-state index contributed by atoms with van der Waals surface area (Å²) in [6.45, 7) is 3.46. The third kappa shape index (κ3) is 2.90. The van der Waals surface area contributed by atoms with Gasteiger partial charge in [-0.25, -0.2) is 4.39 Å². The molecule has 0 unspecified atom stereocenters. The number of hydrogen-bond acceptors (Lipinski definition) is 6. The highest BCUT2D eigenvalue weighted by atomic mass is 19.1. The molecule has 1 aromatic heterocycles. The number of hydrogen-bond donors (Lipinski definition) is 0. The zero-order chi connectivity index (χ0) is 16.7. The molecule has 2 aliphatic heterocycles. The lowest BCUT2D eigenvalue weighted by molar-refractivity contribution is -0.389. The number of ether oxygens (including phenoxy) is 2. The Morgan fingerprint density at radius 2 is 2.30 bits per heavy atom. The molecule has 1 aromatic rings. The molecule has 8 heteroatoms. The van der Waals surface area contributed by atoms with Gasteiger partial charge in [0.1, 0.15) is 12.3 Å². The van der Waals surface area contributed by atoms with E-state index >= 15 is 0 Å². The van der Waals surface area contributed by atoms with Gasteiger partial charge in [-0.3, -0.25) is 4.99 Å². The van der Waals surface area contributed by atoms with Gasteiger partial charge in [0, 0.05) is 30.1 Å². The van der Waals surface area contributed by atoms with Crippen LogP contribution in [-0.2, 0) is 4.74 Å². The van der Waals surface area contributed by atoms with E-state index in [1.54, 1.807) is 12.1 Å². The Kier molecular flexibility index (Phi) is 3.79. The lowest BCUT2D eigenvalue weighted by Gasteiger charge is -2.39. The van der Waals surface area contributed by atoms with Gasteiger partial charge in [-0.1, -0.05) is 0 Å². The third-order valence-electron chi connectivity index (χ3n) is 4.08. The van der Waals surface area contributed by atoms with E-state index in [2.05, 4.69) is 9.98 Å². The summed E-state index contributed by atoms with van der Waals surface area (Å²) in [4.78, 5) is 19.0. The van der Waals surface area contributed by atoms with Gasteiger partial charge in [-0.2, -0.15) is 0 Å². The molecule has 0 N–H and O–H groups in total. The zero-order valence-corrected chi connectivity index (χ0v) is 13.0. The van der Waals surface area contributed by atoms with Crippen LogP contribution < -0.4 is 4.74 Å².